The van der Waals surface area contributed by atoms with Gasteiger partial charge in [-0.2, -0.15) is 5.26 Å². The van der Waals surface area contributed by atoms with Crippen LogP contribution in [0.3, 0.4) is 0 Å². The maximum Gasteiger partial charge on any atom is 0.254 e. The van der Waals surface area contributed by atoms with Crippen molar-refractivity contribution >= 4 is 5.91 Å². The molecule has 6 nitrogen and oxygen atoms in total. The zero-order valence-corrected chi connectivity index (χ0v) is 14.3. The zero-order chi connectivity index (χ0) is 17.4. The zero-order valence-electron chi connectivity index (χ0n) is 14.3. The third kappa shape index (κ3) is 3.14. The summed E-state index contributed by atoms with van der Waals surface area (Å²) >= 11 is 0. The summed E-state index contributed by atoms with van der Waals surface area (Å²) in [5, 5.41) is 19.6. The van der Waals surface area contributed by atoms with Gasteiger partial charge in [0.2, 0.25) is 0 Å². The lowest BCUT2D eigenvalue weighted by Gasteiger charge is -2.40. The topological polar surface area (TPSA) is 80.5 Å². The number of nitrogens with zero attached hydrogens (tertiary/aromatic N) is 4. The fourth-order valence-electron chi connectivity index (χ4n) is 4.85. The molecule has 3 fully saturated rings. The number of pyridine rings is 1. The third-order valence-corrected chi connectivity index (χ3v) is 6.13. The summed E-state index contributed by atoms with van der Waals surface area (Å²) in [6.07, 6.45) is 5.46. The summed E-state index contributed by atoms with van der Waals surface area (Å²) in [6, 6.07) is 5.48. The van der Waals surface area contributed by atoms with E-state index in [1.807, 2.05) is 11.0 Å². The van der Waals surface area contributed by atoms with Gasteiger partial charge in [0.05, 0.1) is 6.10 Å². The molecule has 0 unspecified atom stereocenters. The molecule has 3 aliphatic rings. The average Bonchev–Trinajstić information content (AvgIpc) is 3.29. The normalized spacial score (nSPS) is 32.4. The maximum atomic E-state index is 12.8. The molecule has 0 spiro atoms. The molecule has 25 heavy (non-hydrogen) atoms. The summed E-state index contributed by atoms with van der Waals surface area (Å²) < 4.78 is 0. The van der Waals surface area contributed by atoms with Crippen molar-refractivity contribution in [3.8, 4) is 6.07 Å². The Hall–Kier alpha value is -1.97. The van der Waals surface area contributed by atoms with Gasteiger partial charge in [-0.15, -0.1) is 0 Å². The van der Waals surface area contributed by atoms with Crippen LogP contribution in [0.4, 0.5) is 0 Å². The summed E-state index contributed by atoms with van der Waals surface area (Å²) in [7, 11) is 0. The Balaban J connectivity index is 1.45. The van der Waals surface area contributed by atoms with Gasteiger partial charge in [-0.3, -0.25) is 9.69 Å². The lowest BCUT2D eigenvalue weighted by atomic mass is 9.77. The van der Waals surface area contributed by atoms with Gasteiger partial charge >= 0.3 is 0 Å². The molecule has 0 bridgehead atoms. The van der Waals surface area contributed by atoms with Gasteiger partial charge in [-0.25, -0.2) is 4.98 Å². The molecule has 2 aliphatic heterocycles. The minimum absolute atomic E-state index is 0.0273. The highest BCUT2D eigenvalue weighted by atomic mass is 16.3. The van der Waals surface area contributed by atoms with Crippen molar-refractivity contribution < 1.29 is 9.90 Å². The number of nitriles is 1. The predicted molar refractivity (Wildman–Crippen MR) is 91.7 cm³/mol. The van der Waals surface area contributed by atoms with Crippen LogP contribution < -0.4 is 0 Å². The second kappa shape index (κ2) is 6.74. The number of rotatable bonds is 2. The molecule has 1 saturated carbocycles. The Kier molecular flexibility index (Phi) is 4.45. The molecular formula is C19H24N4O2. The molecular weight excluding hydrogens is 316 g/mol. The molecule has 6 heteroatoms. The number of amides is 1. The molecule has 4 rings (SSSR count). The SMILES string of the molecule is N#Cc1cc(C(=O)N2C[C@H]3C[C@@H](N4CCCC4)[C@H](O)C[C@H]3C2)ccn1. The first-order valence-corrected chi connectivity index (χ1v) is 9.23. The summed E-state index contributed by atoms with van der Waals surface area (Å²) in [4.78, 5) is 21.1. The molecule has 1 aliphatic carbocycles. The van der Waals surface area contributed by atoms with E-state index in [2.05, 4.69) is 9.88 Å². The van der Waals surface area contributed by atoms with Crippen LogP contribution in [0.25, 0.3) is 0 Å². The van der Waals surface area contributed by atoms with Crippen molar-refractivity contribution in [2.24, 2.45) is 11.8 Å². The van der Waals surface area contributed by atoms with Gasteiger partial charge in [-0.1, -0.05) is 0 Å². The highest BCUT2D eigenvalue weighted by Crippen LogP contribution is 2.39. The van der Waals surface area contributed by atoms with E-state index in [-0.39, 0.29) is 23.7 Å². The Morgan fingerprint density at radius 1 is 1.24 bits per heavy atom. The van der Waals surface area contributed by atoms with Crippen molar-refractivity contribution in [3.63, 3.8) is 0 Å². The van der Waals surface area contributed by atoms with Crippen LogP contribution in [0.15, 0.2) is 18.3 Å². The van der Waals surface area contributed by atoms with Crippen LogP contribution in [0.2, 0.25) is 0 Å². The molecule has 132 valence electrons. The Morgan fingerprint density at radius 3 is 2.68 bits per heavy atom. The van der Waals surface area contributed by atoms with Crippen molar-refractivity contribution in [1.29, 1.82) is 5.26 Å². The van der Waals surface area contributed by atoms with Crippen molar-refractivity contribution in [3.05, 3.63) is 29.6 Å². The molecule has 1 aromatic rings. The van der Waals surface area contributed by atoms with Crippen molar-refractivity contribution in [2.75, 3.05) is 26.2 Å². The van der Waals surface area contributed by atoms with Gasteiger partial charge in [0.25, 0.3) is 5.91 Å². The minimum Gasteiger partial charge on any atom is -0.391 e. The fraction of sp³-hybridized carbons (Fsp3) is 0.632. The molecule has 4 atom stereocenters. The first-order valence-electron chi connectivity index (χ1n) is 9.23. The summed E-state index contributed by atoms with van der Waals surface area (Å²) in [5.74, 6) is 0.825. The molecule has 0 aromatic carbocycles. The van der Waals surface area contributed by atoms with Crippen LogP contribution in [0, 0.1) is 23.2 Å². The quantitative estimate of drug-likeness (QED) is 0.877. The van der Waals surface area contributed by atoms with Crippen molar-refractivity contribution in [1.82, 2.24) is 14.8 Å². The van der Waals surface area contributed by atoms with Gasteiger partial charge in [0.1, 0.15) is 11.8 Å². The lowest BCUT2D eigenvalue weighted by Crippen LogP contribution is -2.48. The number of carbonyl (C=O) groups excluding carboxylic acids is 1. The maximum absolute atomic E-state index is 12.8. The van der Waals surface area contributed by atoms with Gasteiger partial charge < -0.3 is 10.0 Å². The van der Waals surface area contributed by atoms with Gasteiger partial charge in [0.15, 0.2) is 0 Å². The summed E-state index contributed by atoms with van der Waals surface area (Å²) in [5.41, 5.74) is 0.800. The minimum atomic E-state index is -0.277. The van der Waals surface area contributed by atoms with E-state index in [1.165, 1.54) is 19.0 Å². The number of fused-ring (bicyclic) bond motifs is 1. The number of hydrogen-bond donors (Lipinski definition) is 1. The smallest absolute Gasteiger partial charge is 0.254 e. The molecule has 1 N–H and O–H groups in total. The third-order valence-electron chi connectivity index (χ3n) is 6.13. The Bertz CT molecular complexity index is 695. The van der Waals surface area contributed by atoms with E-state index in [4.69, 9.17) is 5.26 Å². The first kappa shape index (κ1) is 16.5. The molecule has 3 heterocycles. The highest BCUT2D eigenvalue weighted by molar-refractivity contribution is 5.94. The van der Waals surface area contributed by atoms with Crippen LogP contribution in [-0.2, 0) is 0 Å². The van der Waals surface area contributed by atoms with E-state index < -0.39 is 0 Å². The van der Waals surface area contributed by atoms with Gasteiger partial charge in [-0.05, 0) is 62.7 Å². The number of likely N-dealkylation sites (tertiary alicyclic amines) is 2. The van der Waals surface area contributed by atoms with Crippen LogP contribution >= 0.6 is 0 Å². The van der Waals surface area contributed by atoms with Crippen LogP contribution in [0.1, 0.15) is 41.7 Å². The fourth-order valence-corrected chi connectivity index (χ4v) is 4.85. The van der Waals surface area contributed by atoms with E-state index in [9.17, 15) is 9.90 Å². The van der Waals surface area contributed by atoms with E-state index in [0.29, 0.717) is 23.9 Å². The van der Waals surface area contributed by atoms with E-state index >= 15 is 0 Å². The Labute approximate surface area is 148 Å². The second-order valence-electron chi connectivity index (χ2n) is 7.62. The van der Waals surface area contributed by atoms with Crippen LogP contribution in [0.5, 0.6) is 0 Å². The summed E-state index contributed by atoms with van der Waals surface area (Å²) in [6.45, 7) is 3.65. The average molecular weight is 340 g/mol. The standard InChI is InChI=1S/C19H24N4O2/c20-10-16-7-13(3-4-21-16)19(25)23-11-14-8-17(22-5-1-2-6-22)18(24)9-15(14)12-23/h3-4,7,14-15,17-18,24H,1-2,5-6,8-9,11-12H2/t14-,15+,17-,18-/m1/s1. The van der Waals surface area contributed by atoms with Crippen molar-refractivity contribution in [2.45, 2.75) is 37.8 Å². The van der Waals surface area contributed by atoms with Crippen LogP contribution in [-0.4, -0.2) is 64.1 Å². The Morgan fingerprint density at radius 2 is 1.96 bits per heavy atom. The second-order valence-corrected chi connectivity index (χ2v) is 7.62. The molecule has 0 radical (unpaired) electrons. The molecule has 1 aromatic heterocycles. The predicted octanol–water partition coefficient (Wildman–Crippen LogP) is 1.26. The number of aliphatic hydroxyl groups excluding tert-OH is 1. The lowest BCUT2D eigenvalue weighted by molar-refractivity contribution is -0.000864. The number of aromatic nitrogens is 1. The number of hydrogen-bond acceptors (Lipinski definition) is 5. The number of carbonyl (C=O) groups is 1. The van der Waals surface area contributed by atoms with E-state index in [0.717, 1.165) is 32.5 Å². The van der Waals surface area contributed by atoms with E-state index in [1.54, 1.807) is 12.1 Å². The molecule has 1 amide bonds. The first-order chi connectivity index (χ1) is 12.2. The molecule has 2 saturated heterocycles. The monoisotopic (exact) mass is 340 g/mol. The van der Waals surface area contributed by atoms with Gasteiger partial charge in [0, 0.05) is 30.9 Å². The highest BCUT2D eigenvalue weighted by Gasteiger charge is 2.44. The largest absolute Gasteiger partial charge is 0.391 e. The number of aliphatic hydroxyl groups is 1.